The molecule has 1 aromatic carbocycles. The van der Waals surface area contributed by atoms with Gasteiger partial charge in [-0.1, -0.05) is 41.4 Å². The van der Waals surface area contributed by atoms with Crippen molar-refractivity contribution < 1.29 is 13.5 Å². The molecule has 1 heterocycles. The molecular weight excluding hydrogens is 312 g/mol. The maximum Gasteiger partial charge on any atom is 0.242 e. The molecule has 0 unspecified atom stereocenters. The standard InChI is InChI=1S/C14H15ClN2O3S/c1-10-2-4-11(5-3-10)14(18)9-17-21(19,20)13-6-12(15)7-16-8-13/h2-8,14,17-18H,9H2,1H3/t14-/m1/s1. The molecule has 1 aromatic heterocycles. The van der Waals surface area contributed by atoms with Crippen molar-refractivity contribution in [1.29, 1.82) is 0 Å². The van der Waals surface area contributed by atoms with Crippen molar-refractivity contribution >= 4 is 21.6 Å². The number of hydrogen-bond acceptors (Lipinski definition) is 4. The molecule has 2 aromatic rings. The smallest absolute Gasteiger partial charge is 0.242 e. The van der Waals surface area contributed by atoms with E-state index in [1.807, 2.05) is 19.1 Å². The Morgan fingerprint density at radius 1 is 1.29 bits per heavy atom. The Balaban J connectivity index is 2.06. The van der Waals surface area contributed by atoms with Gasteiger partial charge >= 0.3 is 0 Å². The lowest BCUT2D eigenvalue weighted by atomic mass is 10.1. The highest BCUT2D eigenvalue weighted by Gasteiger charge is 2.17. The van der Waals surface area contributed by atoms with Crippen molar-refractivity contribution in [2.75, 3.05) is 6.54 Å². The van der Waals surface area contributed by atoms with Gasteiger partial charge in [-0.15, -0.1) is 0 Å². The third-order valence-electron chi connectivity index (χ3n) is 2.92. The summed E-state index contributed by atoms with van der Waals surface area (Å²) in [4.78, 5) is 3.70. The number of nitrogens with one attached hydrogen (secondary N) is 1. The lowest BCUT2D eigenvalue weighted by Crippen LogP contribution is -2.28. The predicted molar refractivity (Wildman–Crippen MR) is 80.6 cm³/mol. The molecule has 0 fully saturated rings. The highest BCUT2D eigenvalue weighted by atomic mass is 35.5. The lowest BCUT2D eigenvalue weighted by molar-refractivity contribution is 0.182. The molecule has 2 N–H and O–H groups in total. The van der Waals surface area contributed by atoms with Crippen molar-refractivity contribution in [2.45, 2.75) is 17.9 Å². The van der Waals surface area contributed by atoms with Crippen molar-refractivity contribution in [1.82, 2.24) is 9.71 Å². The molecule has 1 atom stereocenters. The second-order valence-electron chi connectivity index (χ2n) is 4.62. The van der Waals surface area contributed by atoms with Crippen LogP contribution in [0.4, 0.5) is 0 Å². The molecule has 0 radical (unpaired) electrons. The summed E-state index contributed by atoms with van der Waals surface area (Å²) in [7, 11) is -3.75. The second kappa shape index (κ2) is 6.53. The molecule has 21 heavy (non-hydrogen) atoms. The van der Waals surface area contributed by atoms with E-state index in [0.717, 1.165) is 5.56 Å². The van der Waals surface area contributed by atoms with Gasteiger partial charge < -0.3 is 5.11 Å². The van der Waals surface area contributed by atoms with Crippen LogP contribution >= 0.6 is 11.6 Å². The summed E-state index contributed by atoms with van der Waals surface area (Å²) in [6, 6.07) is 8.53. The molecule has 2 rings (SSSR count). The van der Waals surface area contributed by atoms with E-state index in [1.165, 1.54) is 18.5 Å². The molecule has 112 valence electrons. The minimum atomic E-state index is -3.75. The summed E-state index contributed by atoms with van der Waals surface area (Å²) >= 11 is 5.72. The number of hydrogen-bond donors (Lipinski definition) is 2. The number of aliphatic hydroxyl groups excluding tert-OH is 1. The summed E-state index contributed by atoms with van der Waals surface area (Å²) in [5.41, 5.74) is 1.71. The summed E-state index contributed by atoms with van der Waals surface area (Å²) in [6.07, 6.45) is 1.63. The molecular formula is C14H15ClN2O3S. The Labute approximate surface area is 128 Å². The first-order valence-electron chi connectivity index (χ1n) is 6.23. The van der Waals surface area contributed by atoms with Gasteiger partial charge in [-0.05, 0) is 18.6 Å². The van der Waals surface area contributed by atoms with Crippen LogP contribution in [0, 0.1) is 6.92 Å². The van der Waals surface area contributed by atoms with E-state index in [4.69, 9.17) is 11.6 Å². The number of aryl methyl sites for hydroxylation is 1. The van der Waals surface area contributed by atoms with Crippen LogP contribution in [0.5, 0.6) is 0 Å². The largest absolute Gasteiger partial charge is 0.387 e. The van der Waals surface area contributed by atoms with E-state index >= 15 is 0 Å². The molecule has 0 aliphatic rings. The van der Waals surface area contributed by atoms with Crippen LogP contribution in [-0.2, 0) is 10.0 Å². The van der Waals surface area contributed by atoms with Crippen molar-refractivity contribution in [3.8, 4) is 0 Å². The Bertz CT molecular complexity index is 717. The maximum atomic E-state index is 12.1. The minimum Gasteiger partial charge on any atom is -0.387 e. The Kier molecular flexibility index (Phi) is 4.95. The number of aromatic nitrogens is 1. The first-order valence-corrected chi connectivity index (χ1v) is 8.09. The van der Waals surface area contributed by atoms with E-state index < -0.39 is 16.1 Å². The molecule has 5 nitrogen and oxygen atoms in total. The third-order valence-corrected chi connectivity index (χ3v) is 4.52. The number of benzene rings is 1. The fourth-order valence-corrected chi connectivity index (χ4v) is 2.98. The predicted octanol–water partition coefficient (Wildman–Crippen LogP) is 2.06. The number of halogens is 1. The van der Waals surface area contributed by atoms with Crippen LogP contribution < -0.4 is 4.72 Å². The molecule has 0 bridgehead atoms. The van der Waals surface area contributed by atoms with Gasteiger partial charge in [-0.25, -0.2) is 13.1 Å². The lowest BCUT2D eigenvalue weighted by Gasteiger charge is -2.13. The molecule has 0 amide bonds. The first kappa shape index (κ1) is 15.9. The van der Waals surface area contributed by atoms with Crippen LogP contribution in [0.25, 0.3) is 0 Å². The maximum absolute atomic E-state index is 12.1. The SMILES string of the molecule is Cc1ccc([C@H](O)CNS(=O)(=O)c2cncc(Cl)c2)cc1. The summed E-state index contributed by atoms with van der Waals surface area (Å²) in [5.74, 6) is 0. The minimum absolute atomic E-state index is 0.0360. The van der Waals surface area contributed by atoms with Crippen molar-refractivity contribution in [3.63, 3.8) is 0 Å². The molecule has 0 aliphatic heterocycles. The quantitative estimate of drug-likeness (QED) is 0.881. The van der Waals surface area contributed by atoms with Gasteiger partial charge in [0.1, 0.15) is 4.90 Å². The number of sulfonamides is 1. The van der Waals surface area contributed by atoms with Crippen LogP contribution in [0.3, 0.4) is 0 Å². The number of aliphatic hydroxyl groups is 1. The number of pyridine rings is 1. The Morgan fingerprint density at radius 3 is 2.57 bits per heavy atom. The second-order valence-corrected chi connectivity index (χ2v) is 6.82. The van der Waals surface area contributed by atoms with Gasteiger partial charge in [0.25, 0.3) is 0 Å². The first-order chi connectivity index (χ1) is 9.88. The zero-order valence-electron chi connectivity index (χ0n) is 11.3. The van der Waals surface area contributed by atoms with E-state index in [0.29, 0.717) is 5.56 Å². The van der Waals surface area contributed by atoms with Crippen LogP contribution in [0.2, 0.25) is 5.02 Å². The van der Waals surface area contributed by atoms with Crippen molar-refractivity contribution in [2.24, 2.45) is 0 Å². The summed E-state index contributed by atoms with van der Waals surface area (Å²) < 4.78 is 26.4. The highest BCUT2D eigenvalue weighted by molar-refractivity contribution is 7.89. The van der Waals surface area contributed by atoms with Crippen LogP contribution in [0.1, 0.15) is 17.2 Å². The normalized spacial score (nSPS) is 13.1. The average molecular weight is 327 g/mol. The number of rotatable bonds is 5. The zero-order chi connectivity index (χ0) is 15.5. The van der Waals surface area contributed by atoms with Gasteiger partial charge in [-0.2, -0.15) is 0 Å². The van der Waals surface area contributed by atoms with Gasteiger partial charge in [-0.3, -0.25) is 4.98 Å². The van der Waals surface area contributed by atoms with Crippen LogP contribution in [0.15, 0.2) is 47.6 Å². The van der Waals surface area contributed by atoms with E-state index in [2.05, 4.69) is 9.71 Å². The molecule has 7 heteroatoms. The molecule has 0 saturated carbocycles. The Morgan fingerprint density at radius 2 is 1.95 bits per heavy atom. The molecule has 0 aliphatic carbocycles. The van der Waals surface area contributed by atoms with Gasteiger partial charge in [0.2, 0.25) is 10.0 Å². The zero-order valence-corrected chi connectivity index (χ0v) is 12.9. The van der Waals surface area contributed by atoms with Gasteiger partial charge in [0.05, 0.1) is 11.1 Å². The Hall–Kier alpha value is -1.47. The molecule has 0 saturated heterocycles. The van der Waals surface area contributed by atoms with E-state index in [1.54, 1.807) is 12.1 Å². The monoisotopic (exact) mass is 326 g/mol. The van der Waals surface area contributed by atoms with Gasteiger partial charge in [0, 0.05) is 18.9 Å². The highest BCUT2D eigenvalue weighted by Crippen LogP contribution is 2.16. The topological polar surface area (TPSA) is 79.3 Å². The van der Waals surface area contributed by atoms with Crippen LogP contribution in [-0.4, -0.2) is 25.1 Å². The average Bonchev–Trinajstić information content (AvgIpc) is 2.45. The fourth-order valence-electron chi connectivity index (χ4n) is 1.72. The van der Waals surface area contributed by atoms with Gasteiger partial charge in [0.15, 0.2) is 0 Å². The third kappa shape index (κ3) is 4.25. The summed E-state index contributed by atoms with van der Waals surface area (Å²) in [5, 5.41) is 10.2. The van der Waals surface area contributed by atoms with E-state index in [-0.39, 0.29) is 16.5 Å². The fraction of sp³-hybridized carbons (Fsp3) is 0.214. The van der Waals surface area contributed by atoms with E-state index in [9.17, 15) is 13.5 Å². The molecule has 0 spiro atoms. The van der Waals surface area contributed by atoms with Crippen molar-refractivity contribution in [3.05, 3.63) is 58.9 Å². The number of nitrogens with zero attached hydrogens (tertiary/aromatic N) is 1. The summed E-state index contributed by atoms with van der Waals surface area (Å²) in [6.45, 7) is 1.81.